The Morgan fingerprint density at radius 1 is 1.26 bits per heavy atom. The number of carbonyl (C=O) groups is 1. The highest BCUT2D eigenvalue weighted by Gasteiger charge is 2.45. The van der Waals surface area contributed by atoms with Crippen molar-refractivity contribution in [2.24, 2.45) is 0 Å². The van der Waals surface area contributed by atoms with E-state index < -0.39 is 11.4 Å². The second-order valence-electron chi connectivity index (χ2n) is 4.76. The van der Waals surface area contributed by atoms with Crippen LogP contribution in [0.5, 0.6) is 11.5 Å². The molecule has 0 saturated heterocycles. The first-order valence-electron chi connectivity index (χ1n) is 6.21. The maximum absolute atomic E-state index is 11.8. The predicted octanol–water partition coefficient (Wildman–Crippen LogP) is 3.36. The van der Waals surface area contributed by atoms with Gasteiger partial charge < -0.3 is 14.6 Å². The molecular formula is C14H17BrO4. The first kappa shape index (κ1) is 14.2. The summed E-state index contributed by atoms with van der Waals surface area (Å²) in [6.07, 6.45) is 3.16. The number of carboxylic acid groups (broad SMARTS) is 1. The number of methoxy groups -OCH3 is 2. The molecule has 4 nitrogen and oxygen atoms in total. The van der Waals surface area contributed by atoms with Crippen molar-refractivity contribution >= 4 is 21.9 Å². The lowest BCUT2D eigenvalue weighted by molar-refractivity contribution is -0.143. The summed E-state index contributed by atoms with van der Waals surface area (Å²) in [7, 11) is 3.12. The molecule has 1 aliphatic rings. The fourth-order valence-corrected chi connectivity index (χ4v) is 3.52. The maximum atomic E-state index is 11.8. The van der Waals surface area contributed by atoms with Crippen LogP contribution in [0.4, 0.5) is 0 Å². The zero-order chi connectivity index (χ0) is 14.0. The van der Waals surface area contributed by atoms with E-state index in [1.165, 1.54) is 0 Å². The van der Waals surface area contributed by atoms with Crippen LogP contribution in [0.25, 0.3) is 0 Å². The number of hydrogen-bond acceptors (Lipinski definition) is 3. The molecule has 5 heteroatoms. The summed E-state index contributed by atoms with van der Waals surface area (Å²) < 4.78 is 11.3. The van der Waals surface area contributed by atoms with E-state index in [4.69, 9.17) is 9.47 Å². The Bertz CT molecular complexity index is 492. The minimum Gasteiger partial charge on any atom is -0.495 e. The van der Waals surface area contributed by atoms with Crippen molar-refractivity contribution < 1.29 is 19.4 Å². The van der Waals surface area contributed by atoms with Crippen LogP contribution in [-0.2, 0) is 10.2 Å². The SMILES string of the molecule is COc1ccc(C2(C(=O)O)CCCC2)c(OC)c1Br. The lowest BCUT2D eigenvalue weighted by atomic mass is 9.78. The van der Waals surface area contributed by atoms with E-state index in [1.54, 1.807) is 20.3 Å². The molecule has 1 fully saturated rings. The van der Waals surface area contributed by atoms with Crippen LogP contribution in [0.2, 0.25) is 0 Å². The molecule has 1 N–H and O–H groups in total. The van der Waals surface area contributed by atoms with Gasteiger partial charge in [0.05, 0.1) is 19.6 Å². The first-order valence-corrected chi connectivity index (χ1v) is 7.00. The van der Waals surface area contributed by atoms with Crippen LogP contribution in [-0.4, -0.2) is 25.3 Å². The third-order valence-corrected chi connectivity index (χ3v) is 4.62. The quantitative estimate of drug-likeness (QED) is 0.920. The highest BCUT2D eigenvalue weighted by Crippen LogP contribution is 2.49. The molecule has 19 heavy (non-hydrogen) atoms. The molecule has 0 spiro atoms. The number of aliphatic carboxylic acids is 1. The molecule has 0 aliphatic heterocycles. The number of hydrogen-bond donors (Lipinski definition) is 1. The Morgan fingerprint density at radius 3 is 2.37 bits per heavy atom. The van der Waals surface area contributed by atoms with Crippen LogP contribution in [0.15, 0.2) is 16.6 Å². The molecule has 0 bridgehead atoms. The lowest BCUT2D eigenvalue weighted by Gasteiger charge is -2.27. The van der Waals surface area contributed by atoms with Gasteiger partial charge in [0.15, 0.2) is 0 Å². The van der Waals surface area contributed by atoms with Crippen LogP contribution in [0.1, 0.15) is 31.2 Å². The Hall–Kier alpha value is -1.23. The second-order valence-corrected chi connectivity index (χ2v) is 5.55. The van der Waals surface area contributed by atoms with Gasteiger partial charge in [-0.3, -0.25) is 4.79 Å². The highest BCUT2D eigenvalue weighted by molar-refractivity contribution is 9.10. The fourth-order valence-electron chi connectivity index (χ4n) is 2.85. The third-order valence-electron chi connectivity index (χ3n) is 3.87. The summed E-state index contributed by atoms with van der Waals surface area (Å²) in [5.74, 6) is 0.420. The standard InChI is InChI=1S/C14H17BrO4/c1-18-10-6-5-9(12(19-2)11(10)15)14(13(16)17)7-3-4-8-14/h5-6H,3-4,7-8H2,1-2H3,(H,16,17). The van der Waals surface area contributed by atoms with E-state index in [0.29, 0.717) is 28.8 Å². The van der Waals surface area contributed by atoms with Gasteiger partial charge >= 0.3 is 5.97 Å². The summed E-state index contributed by atoms with van der Waals surface area (Å²) in [4.78, 5) is 11.8. The zero-order valence-electron chi connectivity index (χ0n) is 11.0. The van der Waals surface area contributed by atoms with E-state index in [2.05, 4.69) is 15.9 Å². The summed E-state index contributed by atoms with van der Waals surface area (Å²) in [5.41, 5.74) is -0.104. The van der Waals surface area contributed by atoms with E-state index >= 15 is 0 Å². The van der Waals surface area contributed by atoms with Crippen LogP contribution < -0.4 is 9.47 Å². The van der Waals surface area contributed by atoms with E-state index in [0.717, 1.165) is 18.4 Å². The number of benzene rings is 1. The van der Waals surface area contributed by atoms with Crippen molar-refractivity contribution in [1.82, 2.24) is 0 Å². The molecule has 0 heterocycles. The van der Waals surface area contributed by atoms with Gasteiger partial charge in [0.25, 0.3) is 0 Å². The van der Waals surface area contributed by atoms with Crippen LogP contribution in [0.3, 0.4) is 0 Å². The Kier molecular flexibility index (Phi) is 4.04. The fraction of sp³-hybridized carbons (Fsp3) is 0.500. The van der Waals surface area contributed by atoms with Gasteiger partial charge in [-0.15, -0.1) is 0 Å². The van der Waals surface area contributed by atoms with E-state index in [1.807, 2.05) is 6.07 Å². The molecule has 2 rings (SSSR count). The maximum Gasteiger partial charge on any atom is 0.314 e. The summed E-state index contributed by atoms with van der Waals surface area (Å²) in [6.45, 7) is 0. The largest absolute Gasteiger partial charge is 0.495 e. The van der Waals surface area contributed by atoms with Gasteiger partial charge in [0, 0.05) is 5.56 Å². The smallest absolute Gasteiger partial charge is 0.314 e. The molecule has 0 unspecified atom stereocenters. The Labute approximate surface area is 120 Å². The monoisotopic (exact) mass is 328 g/mol. The minimum atomic E-state index is -0.833. The normalized spacial score (nSPS) is 17.2. The topological polar surface area (TPSA) is 55.8 Å². The third kappa shape index (κ3) is 2.20. The molecule has 104 valence electrons. The Balaban J connectivity index is 2.61. The summed E-state index contributed by atoms with van der Waals surface area (Å²) in [5, 5.41) is 9.65. The summed E-state index contributed by atoms with van der Waals surface area (Å²) >= 11 is 3.43. The highest BCUT2D eigenvalue weighted by atomic mass is 79.9. The molecule has 1 aromatic rings. The van der Waals surface area contributed by atoms with Crippen LogP contribution in [0, 0.1) is 0 Å². The first-order chi connectivity index (χ1) is 9.06. The van der Waals surface area contributed by atoms with Crippen molar-refractivity contribution in [2.75, 3.05) is 14.2 Å². The van der Waals surface area contributed by atoms with E-state index in [9.17, 15) is 9.90 Å². The van der Waals surface area contributed by atoms with Gasteiger partial charge in [-0.1, -0.05) is 18.9 Å². The zero-order valence-corrected chi connectivity index (χ0v) is 12.6. The van der Waals surface area contributed by atoms with Crippen molar-refractivity contribution in [3.8, 4) is 11.5 Å². The van der Waals surface area contributed by atoms with Crippen molar-refractivity contribution in [1.29, 1.82) is 0 Å². The number of rotatable bonds is 4. The van der Waals surface area contributed by atoms with Gasteiger partial charge in [-0.05, 0) is 34.8 Å². The molecule has 0 atom stereocenters. The molecule has 0 amide bonds. The van der Waals surface area contributed by atoms with Crippen molar-refractivity contribution in [3.63, 3.8) is 0 Å². The average Bonchev–Trinajstić information content (AvgIpc) is 2.88. The number of carboxylic acids is 1. The molecule has 1 aromatic carbocycles. The average molecular weight is 329 g/mol. The van der Waals surface area contributed by atoms with Gasteiger partial charge in [-0.2, -0.15) is 0 Å². The molecular weight excluding hydrogens is 312 g/mol. The van der Waals surface area contributed by atoms with E-state index in [-0.39, 0.29) is 0 Å². The van der Waals surface area contributed by atoms with Gasteiger partial charge in [0.1, 0.15) is 16.0 Å². The van der Waals surface area contributed by atoms with Gasteiger partial charge in [0.2, 0.25) is 0 Å². The van der Waals surface area contributed by atoms with Gasteiger partial charge in [-0.25, -0.2) is 0 Å². The lowest BCUT2D eigenvalue weighted by Crippen LogP contribution is -2.33. The van der Waals surface area contributed by atoms with Crippen molar-refractivity contribution in [3.05, 3.63) is 22.2 Å². The summed E-state index contributed by atoms with van der Waals surface area (Å²) in [6, 6.07) is 3.59. The molecule has 0 aromatic heterocycles. The minimum absolute atomic E-state index is 0.559. The molecule has 1 saturated carbocycles. The number of halogens is 1. The second kappa shape index (κ2) is 5.41. The molecule has 0 radical (unpaired) electrons. The van der Waals surface area contributed by atoms with Crippen molar-refractivity contribution in [2.45, 2.75) is 31.1 Å². The Morgan fingerprint density at radius 2 is 1.89 bits per heavy atom. The van der Waals surface area contributed by atoms with Crippen LogP contribution >= 0.6 is 15.9 Å². The predicted molar refractivity (Wildman–Crippen MR) is 75.0 cm³/mol. The molecule has 1 aliphatic carbocycles. The number of ether oxygens (including phenoxy) is 2.